The second kappa shape index (κ2) is 7.41. The van der Waals surface area contributed by atoms with Gasteiger partial charge in [0.05, 0.1) is 32.3 Å². The molecular weight excluding hydrogens is 342 g/mol. The van der Waals surface area contributed by atoms with Gasteiger partial charge in [-0.15, -0.1) is 0 Å². The number of amides is 1. The van der Waals surface area contributed by atoms with Gasteiger partial charge in [0.15, 0.2) is 0 Å². The number of benzene rings is 1. The number of rotatable bonds is 5. The first kappa shape index (κ1) is 18.3. The first-order valence-corrected chi connectivity index (χ1v) is 8.43. The third kappa shape index (κ3) is 4.19. The van der Waals surface area contributed by atoms with E-state index in [1.165, 1.54) is 4.90 Å². The van der Waals surface area contributed by atoms with E-state index in [1.807, 2.05) is 24.3 Å². The van der Waals surface area contributed by atoms with Crippen molar-refractivity contribution in [1.29, 1.82) is 0 Å². The molecule has 0 radical (unpaired) electrons. The van der Waals surface area contributed by atoms with Crippen LogP contribution in [-0.4, -0.2) is 52.8 Å². The molecule has 2 N–H and O–H groups in total. The minimum atomic E-state index is -2.90. The molecule has 26 heavy (non-hydrogen) atoms. The third-order valence-corrected chi connectivity index (χ3v) is 4.57. The number of halogens is 2. The minimum Gasteiger partial charge on any atom is -0.497 e. The predicted molar refractivity (Wildman–Crippen MR) is 92.1 cm³/mol. The summed E-state index contributed by atoms with van der Waals surface area (Å²) in [4.78, 5) is 13.7. The number of hydrogen-bond acceptors (Lipinski definition) is 4. The maximum Gasteiger partial charge on any atom is 0.266 e. The van der Waals surface area contributed by atoms with Crippen molar-refractivity contribution in [2.75, 3.05) is 20.2 Å². The summed E-state index contributed by atoms with van der Waals surface area (Å²) in [5.41, 5.74) is 7.27. The molecule has 0 spiro atoms. The topological polar surface area (TPSA) is 73.4 Å². The van der Waals surface area contributed by atoms with Gasteiger partial charge in [0.2, 0.25) is 5.91 Å². The molecule has 0 aliphatic carbocycles. The number of likely N-dealkylation sites (tertiary alicyclic amines) is 1. The van der Waals surface area contributed by atoms with E-state index in [-0.39, 0.29) is 25.4 Å². The first-order chi connectivity index (χ1) is 12.4. The Hall–Kier alpha value is -2.48. The van der Waals surface area contributed by atoms with Crippen LogP contribution in [-0.2, 0) is 17.8 Å². The molecule has 8 heteroatoms. The lowest BCUT2D eigenvalue weighted by Crippen LogP contribution is -2.56. The molecule has 1 unspecified atom stereocenters. The Morgan fingerprint density at radius 1 is 1.35 bits per heavy atom. The Morgan fingerprint density at radius 2 is 2.08 bits per heavy atom. The van der Waals surface area contributed by atoms with Crippen LogP contribution in [0.25, 0.3) is 0 Å². The second-order valence-electron chi connectivity index (χ2n) is 6.53. The Bertz CT molecular complexity index is 761. The summed E-state index contributed by atoms with van der Waals surface area (Å²) in [5, 5.41) is 4.26. The van der Waals surface area contributed by atoms with Crippen LogP contribution in [0.2, 0.25) is 0 Å². The summed E-state index contributed by atoms with van der Waals surface area (Å²) in [5.74, 6) is -2.33. The largest absolute Gasteiger partial charge is 0.497 e. The van der Waals surface area contributed by atoms with Gasteiger partial charge in [0.25, 0.3) is 5.92 Å². The summed E-state index contributed by atoms with van der Waals surface area (Å²) in [6.07, 6.45) is 3.15. The van der Waals surface area contributed by atoms with Crippen molar-refractivity contribution < 1.29 is 18.3 Å². The van der Waals surface area contributed by atoms with Gasteiger partial charge < -0.3 is 15.4 Å². The number of nitrogens with two attached hydrogens (primary N) is 1. The Balaban J connectivity index is 1.57. The number of carbonyl (C=O) groups is 1. The molecule has 0 bridgehead atoms. The number of hydrogen-bond donors (Lipinski definition) is 1. The van der Waals surface area contributed by atoms with Gasteiger partial charge in [0.1, 0.15) is 5.75 Å². The molecule has 2 heterocycles. The van der Waals surface area contributed by atoms with Gasteiger partial charge >= 0.3 is 0 Å². The summed E-state index contributed by atoms with van der Waals surface area (Å²) in [7, 11) is 1.61. The smallest absolute Gasteiger partial charge is 0.266 e. The summed E-state index contributed by atoms with van der Waals surface area (Å²) in [6.45, 7) is 0.477. The van der Waals surface area contributed by atoms with Crippen molar-refractivity contribution in [1.82, 2.24) is 14.7 Å². The molecule has 0 saturated carbocycles. The molecule has 1 aliphatic rings. The molecule has 6 nitrogen and oxygen atoms in total. The van der Waals surface area contributed by atoms with Crippen LogP contribution in [0.4, 0.5) is 8.78 Å². The van der Waals surface area contributed by atoms with Gasteiger partial charge in [-0.1, -0.05) is 12.1 Å². The monoisotopic (exact) mass is 364 g/mol. The molecule has 2 aromatic rings. The van der Waals surface area contributed by atoms with Crippen LogP contribution in [0.5, 0.6) is 5.75 Å². The van der Waals surface area contributed by atoms with Crippen molar-refractivity contribution in [3.63, 3.8) is 0 Å². The number of piperidine rings is 1. The van der Waals surface area contributed by atoms with Gasteiger partial charge in [0, 0.05) is 25.7 Å². The van der Waals surface area contributed by atoms with Crippen molar-refractivity contribution in [3.05, 3.63) is 47.8 Å². The molecule has 1 aromatic carbocycles. The van der Waals surface area contributed by atoms with Crippen LogP contribution in [0.3, 0.4) is 0 Å². The van der Waals surface area contributed by atoms with E-state index in [0.717, 1.165) is 16.9 Å². The highest BCUT2D eigenvalue weighted by Crippen LogP contribution is 2.27. The SMILES string of the molecule is COc1ccc(Cn2cc(CC(=O)N3CCC(F)(F)C(N)C3)cn2)cc1. The van der Waals surface area contributed by atoms with E-state index in [9.17, 15) is 13.6 Å². The van der Waals surface area contributed by atoms with Crippen LogP contribution >= 0.6 is 0 Å². The van der Waals surface area contributed by atoms with Gasteiger partial charge in [-0.25, -0.2) is 8.78 Å². The minimum absolute atomic E-state index is 0.0273. The van der Waals surface area contributed by atoms with Crippen molar-refractivity contribution in [2.45, 2.75) is 31.4 Å². The van der Waals surface area contributed by atoms with Crippen LogP contribution < -0.4 is 10.5 Å². The van der Waals surface area contributed by atoms with E-state index in [4.69, 9.17) is 10.5 Å². The number of alkyl halides is 2. The Morgan fingerprint density at radius 3 is 2.73 bits per heavy atom. The maximum absolute atomic E-state index is 13.4. The van der Waals surface area contributed by atoms with Crippen LogP contribution in [0.1, 0.15) is 17.5 Å². The molecule has 1 aromatic heterocycles. The lowest BCUT2D eigenvalue weighted by molar-refractivity contribution is -0.138. The normalized spacial score (nSPS) is 19.4. The number of carbonyl (C=O) groups excluding carboxylic acids is 1. The highest BCUT2D eigenvalue weighted by atomic mass is 19.3. The van der Waals surface area contributed by atoms with Crippen molar-refractivity contribution in [3.8, 4) is 5.75 Å². The molecular formula is C18H22F2N4O2. The average molecular weight is 364 g/mol. The number of nitrogens with zero attached hydrogens (tertiary/aromatic N) is 3. The van der Waals surface area contributed by atoms with E-state index in [0.29, 0.717) is 6.54 Å². The molecule has 1 fully saturated rings. The van der Waals surface area contributed by atoms with E-state index < -0.39 is 18.4 Å². The fourth-order valence-electron chi connectivity index (χ4n) is 2.95. The summed E-state index contributed by atoms with van der Waals surface area (Å²) >= 11 is 0. The fourth-order valence-corrected chi connectivity index (χ4v) is 2.95. The lowest BCUT2D eigenvalue weighted by Gasteiger charge is -2.36. The first-order valence-electron chi connectivity index (χ1n) is 8.43. The van der Waals surface area contributed by atoms with E-state index in [1.54, 1.807) is 24.2 Å². The number of aromatic nitrogens is 2. The van der Waals surface area contributed by atoms with Crippen LogP contribution in [0, 0.1) is 0 Å². The van der Waals surface area contributed by atoms with Crippen molar-refractivity contribution >= 4 is 5.91 Å². The highest BCUT2D eigenvalue weighted by Gasteiger charge is 2.42. The van der Waals surface area contributed by atoms with E-state index >= 15 is 0 Å². The Kier molecular flexibility index (Phi) is 5.22. The average Bonchev–Trinajstić information content (AvgIpc) is 3.05. The van der Waals surface area contributed by atoms with Gasteiger partial charge in [-0.05, 0) is 23.3 Å². The molecule has 1 saturated heterocycles. The molecule has 1 atom stereocenters. The van der Waals surface area contributed by atoms with Crippen molar-refractivity contribution in [2.24, 2.45) is 5.73 Å². The van der Waals surface area contributed by atoms with Crippen LogP contribution in [0.15, 0.2) is 36.7 Å². The fraction of sp³-hybridized carbons (Fsp3) is 0.444. The van der Waals surface area contributed by atoms with Gasteiger partial charge in [-0.3, -0.25) is 9.48 Å². The highest BCUT2D eigenvalue weighted by molar-refractivity contribution is 5.78. The quantitative estimate of drug-likeness (QED) is 0.876. The number of ether oxygens (including phenoxy) is 1. The third-order valence-electron chi connectivity index (χ3n) is 4.57. The van der Waals surface area contributed by atoms with E-state index in [2.05, 4.69) is 5.10 Å². The zero-order chi connectivity index (χ0) is 18.7. The maximum atomic E-state index is 13.4. The molecule has 140 valence electrons. The zero-order valence-corrected chi connectivity index (χ0v) is 14.6. The summed E-state index contributed by atoms with van der Waals surface area (Å²) < 4.78 is 33.7. The molecule has 1 aliphatic heterocycles. The molecule has 3 rings (SSSR count). The predicted octanol–water partition coefficient (Wildman–Crippen LogP) is 1.68. The lowest BCUT2D eigenvalue weighted by atomic mass is 10.0. The second-order valence-corrected chi connectivity index (χ2v) is 6.53. The molecule has 1 amide bonds. The summed E-state index contributed by atoms with van der Waals surface area (Å²) in [6, 6.07) is 6.33. The number of methoxy groups -OCH3 is 1. The zero-order valence-electron chi connectivity index (χ0n) is 14.6. The Labute approximate surface area is 150 Å². The standard InChI is InChI=1S/C18H22F2N4O2/c1-26-15-4-2-13(3-5-15)10-24-11-14(9-22-24)8-17(25)23-7-6-18(19,20)16(21)12-23/h2-5,9,11,16H,6-8,10,12,21H2,1H3. The van der Waals surface area contributed by atoms with Gasteiger partial charge in [-0.2, -0.15) is 5.10 Å².